The van der Waals surface area contributed by atoms with Crippen LogP contribution in [0, 0.1) is 5.41 Å². The summed E-state index contributed by atoms with van der Waals surface area (Å²) in [5.41, 5.74) is 7.41. The zero-order chi connectivity index (χ0) is 12.6. The minimum atomic E-state index is -0.425. The predicted molar refractivity (Wildman–Crippen MR) is 67.7 cm³/mol. The third-order valence-corrected chi connectivity index (χ3v) is 3.85. The second kappa shape index (κ2) is 3.98. The fourth-order valence-electron chi connectivity index (χ4n) is 2.71. The summed E-state index contributed by atoms with van der Waals surface area (Å²) < 4.78 is 0. The Kier molecular flexibility index (Phi) is 2.44. The number of nitrogens with zero attached hydrogens (tertiary/aromatic N) is 1. The van der Waals surface area contributed by atoms with Crippen molar-refractivity contribution in [3.63, 3.8) is 0 Å². The number of H-pyrrole nitrogens is 1. The molecule has 1 aliphatic carbocycles. The molecule has 3 N–H and O–H groups in total. The van der Waals surface area contributed by atoms with E-state index in [2.05, 4.69) is 10.2 Å². The van der Waals surface area contributed by atoms with E-state index < -0.39 is 5.41 Å². The van der Waals surface area contributed by atoms with E-state index in [1.165, 1.54) is 0 Å². The van der Waals surface area contributed by atoms with Gasteiger partial charge in [0.25, 0.3) is 0 Å². The van der Waals surface area contributed by atoms with E-state index in [1.54, 1.807) is 6.20 Å². The maximum absolute atomic E-state index is 11.8. The molecule has 4 heteroatoms. The number of aromatic nitrogens is 2. The fourth-order valence-corrected chi connectivity index (χ4v) is 2.71. The summed E-state index contributed by atoms with van der Waals surface area (Å²) >= 11 is 0. The second-order valence-electron chi connectivity index (χ2n) is 4.97. The van der Waals surface area contributed by atoms with Gasteiger partial charge in [-0.25, -0.2) is 0 Å². The molecule has 0 spiro atoms. The number of carbonyl (C=O) groups excluding carboxylic acids is 1. The van der Waals surface area contributed by atoms with Crippen LogP contribution in [0.25, 0.3) is 0 Å². The lowest BCUT2D eigenvalue weighted by Crippen LogP contribution is -2.28. The monoisotopic (exact) mass is 241 g/mol. The Labute approximate surface area is 105 Å². The van der Waals surface area contributed by atoms with Crippen molar-refractivity contribution >= 4 is 5.91 Å². The van der Waals surface area contributed by atoms with Crippen LogP contribution in [0.15, 0.2) is 42.7 Å². The Bertz CT molecular complexity index is 550. The Morgan fingerprint density at radius 1 is 1.44 bits per heavy atom. The average molecular weight is 241 g/mol. The van der Waals surface area contributed by atoms with E-state index in [4.69, 9.17) is 5.73 Å². The topological polar surface area (TPSA) is 71.8 Å². The maximum atomic E-state index is 11.8. The van der Waals surface area contributed by atoms with E-state index in [0.29, 0.717) is 6.42 Å². The van der Waals surface area contributed by atoms with Crippen LogP contribution in [-0.2, 0) is 11.2 Å². The highest BCUT2D eigenvalue weighted by Crippen LogP contribution is 2.60. The number of aromatic amines is 1. The van der Waals surface area contributed by atoms with Crippen LogP contribution in [-0.4, -0.2) is 16.1 Å². The Morgan fingerprint density at radius 2 is 2.22 bits per heavy atom. The summed E-state index contributed by atoms with van der Waals surface area (Å²) in [7, 11) is 0. The lowest BCUT2D eigenvalue weighted by molar-refractivity contribution is -0.123. The Morgan fingerprint density at radius 3 is 2.83 bits per heavy atom. The van der Waals surface area contributed by atoms with Gasteiger partial charge in [0.15, 0.2) is 0 Å². The van der Waals surface area contributed by atoms with Crippen molar-refractivity contribution in [3.05, 3.63) is 53.9 Å². The minimum absolute atomic E-state index is 0.203. The third-order valence-electron chi connectivity index (χ3n) is 3.85. The van der Waals surface area contributed by atoms with Crippen LogP contribution in [0.4, 0.5) is 0 Å². The molecule has 0 aliphatic heterocycles. The van der Waals surface area contributed by atoms with Crippen LogP contribution in [0.5, 0.6) is 0 Å². The molecule has 0 saturated heterocycles. The molecule has 18 heavy (non-hydrogen) atoms. The van der Waals surface area contributed by atoms with Gasteiger partial charge in [-0.15, -0.1) is 0 Å². The molecule has 1 fully saturated rings. The highest BCUT2D eigenvalue weighted by molar-refractivity contribution is 5.86. The minimum Gasteiger partial charge on any atom is -0.369 e. The van der Waals surface area contributed by atoms with Gasteiger partial charge in [-0.3, -0.25) is 9.89 Å². The molecule has 4 nitrogen and oxygen atoms in total. The quantitative estimate of drug-likeness (QED) is 0.853. The normalized spacial score (nSPS) is 25.9. The van der Waals surface area contributed by atoms with Crippen LogP contribution in [0.3, 0.4) is 0 Å². The molecule has 1 heterocycles. The van der Waals surface area contributed by atoms with Gasteiger partial charge in [0.05, 0.1) is 11.6 Å². The molecule has 0 bridgehead atoms. The van der Waals surface area contributed by atoms with E-state index in [9.17, 15) is 4.79 Å². The smallest absolute Gasteiger partial charge is 0.224 e. The van der Waals surface area contributed by atoms with Crippen LogP contribution >= 0.6 is 0 Å². The van der Waals surface area contributed by atoms with Crippen LogP contribution in [0.1, 0.15) is 23.5 Å². The lowest BCUT2D eigenvalue weighted by atomic mass is 9.91. The average Bonchev–Trinajstić information content (AvgIpc) is 2.87. The molecule has 3 rings (SSSR count). The first-order chi connectivity index (χ1) is 8.72. The first-order valence-electron chi connectivity index (χ1n) is 6.05. The molecule has 1 aromatic heterocycles. The molecule has 0 radical (unpaired) electrons. The number of rotatable bonds is 4. The highest BCUT2D eigenvalue weighted by Gasteiger charge is 2.59. The van der Waals surface area contributed by atoms with Gasteiger partial charge in [-0.05, 0) is 24.0 Å². The molecule has 1 aromatic carbocycles. The fraction of sp³-hybridized carbons (Fsp3) is 0.286. The number of benzene rings is 1. The molecular weight excluding hydrogens is 226 g/mol. The van der Waals surface area contributed by atoms with Crippen LogP contribution < -0.4 is 5.73 Å². The van der Waals surface area contributed by atoms with E-state index in [0.717, 1.165) is 17.5 Å². The molecule has 2 unspecified atom stereocenters. The predicted octanol–water partition coefficient (Wildman–Crippen LogP) is 1.61. The Hall–Kier alpha value is -2.10. The largest absolute Gasteiger partial charge is 0.369 e. The van der Waals surface area contributed by atoms with Crippen molar-refractivity contribution in [3.8, 4) is 0 Å². The summed E-state index contributed by atoms with van der Waals surface area (Å²) in [4.78, 5) is 11.8. The third kappa shape index (κ3) is 1.70. The number of amides is 1. The Balaban J connectivity index is 1.85. The van der Waals surface area contributed by atoms with E-state index in [-0.39, 0.29) is 11.8 Å². The first-order valence-corrected chi connectivity index (χ1v) is 6.05. The summed E-state index contributed by atoms with van der Waals surface area (Å²) in [6.45, 7) is 0. The maximum Gasteiger partial charge on any atom is 0.224 e. The van der Waals surface area contributed by atoms with Crippen molar-refractivity contribution < 1.29 is 4.79 Å². The zero-order valence-corrected chi connectivity index (χ0v) is 9.97. The summed E-state index contributed by atoms with van der Waals surface area (Å²) in [5, 5.41) is 6.73. The first kappa shape index (κ1) is 11.0. The lowest BCUT2D eigenvalue weighted by Gasteiger charge is -2.13. The number of nitrogens with two attached hydrogens (primary N) is 1. The standard InChI is InChI=1S/C14H15N3O/c15-13(18)14(6-10-4-2-1-3-5-10)7-12(14)11-8-16-17-9-11/h1-5,8-9,12H,6-7H2,(H2,15,18)(H,16,17). The van der Waals surface area contributed by atoms with Crippen molar-refractivity contribution in [2.75, 3.05) is 0 Å². The van der Waals surface area contributed by atoms with Gasteiger partial charge in [0.2, 0.25) is 5.91 Å². The van der Waals surface area contributed by atoms with E-state index in [1.807, 2.05) is 36.5 Å². The number of primary amides is 1. The van der Waals surface area contributed by atoms with Gasteiger partial charge < -0.3 is 5.73 Å². The molecule has 2 aromatic rings. The molecule has 1 amide bonds. The van der Waals surface area contributed by atoms with Crippen molar-refractivity contribution in [2.24, 2.45) is 11.1 Å². The van der Waals surface area contributed by atoms with Gasteiger partial charge >= 0.3 is 0 Å². The van der Waals surface area contributed by atoms with Gasteiger partial charge in [-0.2, -0.15) is 5.10 Å². The zero-order valence-electron chi connectivity index (χ0n) is 9.97. The number of hydrogen-bond donors (Lipinski definition) is 2. The van der Waals surface area contributed by atoms with Crippen LogP contribution in [0.2, 0.25) is 0 Å². The summed E-state index contributed by atoms with van der Waals surface area (Å²) in [6.07, 6.45) is 5.15. The molecular formula is C14H15N3O. The molecule has 1 saturated carbocycles. The molecule has 92 valence electrons. The summed E-state index contributed by atoms with van der Waals surface area (Å²) in [6, 6.07) is 10.0. The van der Waals surface area contributed by atoms with E-state index >= 15 is 0 Å². The van der Waals surface area contributed by atoms with Crippen molar-refractivity contribution in [1.29, 1.82) is 0 Å². The van der Waals surface area contributed by atoms with Crippen molar-refractivity contribution in [2.45, 2.75) is 18.8 Å². The number of carbonyl (C=O) groups is 1. The number of nitrogens with one attached hydrogen (secondary N) is 1. The van der Waals surface area contributed by atoms with Gasteiger partial charge in [0, 0.05) is 12.1 Å². The SMILES string of the molecule is NC(=O)C1(Cc2ccccc2)CC1c1cn[nH]c1. The molecule has 1 aliphatic rings. The number of hydrogen-bond acceptors (Lipinski definition) is 2. The second-order valence-corrected chi connectivity index (χ2v) is 4.97. The van der Waals surface area contributed by atoms with Gasteiger partial charge in [0.1, 0.15) is 0 Å². The highest BCUT2D eigenvalue weighted by atomic mass is 16.1. The summed E-state index contributed by atoms with van der Waals surface area (Å²) in [5.74, 6) is -0.00786. The van der Waals surface area contributed by atoms with Gasteiger partial charge in [-0.1, -0.05) is 30.3 Å². The van der Waals surface area contributed by atoms with Crippen molar-refractivity contribution in [1.82, 2.24) is 10.2 Å². The molecule has 2 atom stereocenters.